The van der Waals surface area contributed by atoms with Crippen molar-refractivity contribution in [2.75, 3.05) is 31.1 Å². The molecule has 0 saturated carbocycles. The largest absolute Gasteiger partial charge is 0.354 e. The van der Waals surface area contributed by atoms with Crippen LogP contribution in [0.25, 0.3) is 22.1 Å². The summed E-state index contributed by atoms with van der Waals surface area (Å²) in [6.45, 7) is 3.76. The van der Waals surface area contributed by atoms with Crippen molar-refractivity contribution in [2.24, 2.45) is 0 Å². The minimum absolute atomic E-state index is 0.119. The van der Waals surface area contributed by atoms with Gasteiger partial charge in [-0.3, -0.25) is 4.90 Å². The number of rotatable bonds is 5. The molecule has 4 heterocycles. The van der Waals surface area contributed by atoms with Crippen LogP contribution in [-0.4, -0.2) is 56.0 Å². The predicted molar refractivity (Wildman–Crippen MR) is 127 cm³/mol. The van der Waals surface area contributed by atoms with Gasteiger partial charge in [0.2, 0.25) is 0 Å². The summed E-state index contributed by atoms with van der Waals surface area (Å²) in [6.07, 6.45) is 2.64. The molecule has 32 heavy (non-hydrogen) atoms. The molecule has 7 heteroatoms. The summed E-state index contributed by atoms with van der Waals surface area (Å²) in [6, 6.07) is 22.6. The number of aromatic nitrogens is 5. The molecule has 1 fully saturated rings. The lowest BCUT2D eigenvalue weighted by Crippen LogP contribution is -2.48. The van der Waals surface area contributed by atoms with E-state index in [2.05, 4.69) is 55.1 Å². The van der Waals surface area contributed by atoms with Crippen molar-refractivity contribution < 1.29 is 0 Å². The third kappa shape index (κ3) is 3.61. The smallest absolute Gasteiger partial charge is 0.128 e. The first-order chi connectivity index (χ1) is 15.8. The zero-order chi connectivity index (χ0) is 21.3. The van der Waals surface area contributed by atoms with E-state index in [9.17, 15) is 0 Å². The highest BCUT2D eigenvalue weighted by Crippen LogP contribution is 2.27. The summed E-state index contributed by atoms with van der Waals surface area (Å²) in [5.74, 6) is 3.03. The van der Waals surface area contributed by atoms with Crippen molar-refractivity contribution in [3.8, 4) is 0 Å². The minimum Gasteiger partial charge on any atom is -0.354 e. The summed E-state index contributed by atoms with van der Waals surface area (Å²) >= 11 is 0. The maximum Gasteiger partial charge on any atom is 0.128 e. The number of H-pyrrole nitrogens is 2. The highest BCUT2D eigenvalue weighted by Gasteiger charge is 2.29. The standard InChI is InChI=1S/C25H25N7/c1-2-8-19-18(7-1)27-23(28-19)17-22(25-29-20-9-3-4-10-21(20)30-25)31-13-15-32(16-14-31)24-11-5-6-12-26-24/h1-12,22H,13-17H2,(H,27,28)(H,29,30). The van der Waals surface area contributed by atoms with Crippen molar-refractivity contribution in [3.63, 3.8) is 0 Å². The molecule has 6 rings (SSSR count). The number of pyridine rings is 1. The predicted octanol–water partition coefficient (Wildman–Crippen LogP) is 3.94. The Morgan fingerprint density at radius 1 is 0.750 bits per heavy atom. The average molecular weight is 424 g/mol. The Morgan fingerprint density at radius 2 is 1.44 bits per heavy atom. The van der Waals surface area contributed by atoms with Crippen LogP contribution in [0.2, 0.25) is 0 Å². The number of hydrogen-bond donors (Lipinski definition) is 2. The van der Waals surface area contributed by atoms with E-state index >= 15 is 0 Å². The molecule has 1 aliphatic rings. The van der Waals surface area contributed by atoms with Crippen molar-refractivity contribution in [1.82, 2.24) is 29.8 Å². The summed E-state index contributed by atoms with van der Waals surface area (Å²) < 4.78 is 0. The number of hydrogen-bond acceptors (Lipinski definition) is 5. The highest BCUT2D eigenvalue weighted by atomic mass is 15.3. The lowest BCUT2D eigenvalue weighted by atomic mass is 10.1. The Kier molecular flexibility index (Phi) is 4.81. The Balaban J connectivity index is 1.29. The molecule has 0 radical (unpaired) electrons. The van der Waals surface area contributed by atoms with Crippen LogP contribution in [0.5, 0.6) is 0 Å². The molecule has 7 nitrogen and oxygen atoms in total. The second kappa shape index (κ2) is 8.09. The second-order valence-electron chi connectivity index (χ2n) is 8.27. The summed E-state index contributed by atoms with van der Waals surface area (Å²) in [4.78, 5) is 26.3. The molecule has 1 aliphatic heterocycles. The van der Waals surface area contributed by atoms with E-state index in [4.69, 9.17) is 9.97 Å². The fourth-order valence-corrected chi connectivity index (χ4v) is 4.62. The van der Waals surface area contributed by atoms with Gasteiger partial charge in [0.25, 0.3) is 0 Å². The number of nitrogens with zero attached hydrogens (tertiary/aromatic N) is 5. The molecule has 1 saturated heterocycles. The zero-order valence-electron chi connectivity index (χ0n) is 17.8. The number of anilines is 1. The quantitative estimate of drug-likeness (QED) is 0.448. The van der Waals surface area contributed by atoms with E-state index < -0.39 is 0 Å². The van der Waals surface area contributed by atoms with Crippen LogP contribution >= 0.6 is 0 Å². The molecule has 1 atom stereocenters. The van der Waals surface area contributed by atoms with Gasteiger partial charge < -0.3 is 14.9 Å². The fraction of sp³-hybridized carbons (Fsp3) is 0.240. The maximum absolute atomic E-state index is 4.95. The van der Waals surface area contributed by atoms with E-state index in [0.29, 0.717) is 0 Å². The van der Waals surface area contributed by atoms with Crippen LogP contribution in [0, 0.1) is 0 Å². The number of aromatic amines is 2. The zero-order valence-corrected chi connectivity index (χ0v) is 17.8. The van der Waals surface area contributed by atoms with Gasteiger partial charge in [0, 0.05) is 38.8 Å². The van der Waals surface area contributed by atoms with Gasteiger partial charge in [-0.2, -0.15) is 0 Å². The van der Waals surface area contributed by atoms with Crippen molar-refractivity contribution in [3.05, 3.63) is 84.6 Å². The molecule has 160 valence electrons. The molecule has 3 aromatic heterocycles. The molecule has 0 amide bonds. The van der Waals surface area contributed by atoms with Gasteiger partial charge in [-0.1, -0.05) is 30.3 Å². The van der Waals surface area contributed by atoms with Crippen LogP contribution in [0.3, 0.4) is 0 Å². The summed E-state index contributed by atoms with van der Waals surface area (Å²) in [7, 11) is 0. The van der Waals surface area contributed by atoms with Gasteiger partial charge in [-0.05, 0) is 36.4 Å². The molecule has 1 unspecified atom stereocenters. The monoisotopic (exact) mass is 423 g/mol. The summed E-state index contributed by atoms with van der Waals surface area (Å²) in [5, 5.41) is 0. The fourth-order valence-electron chi connectivity index (χ4n) is 4.62. The number of piperazine rings is 1. The molecule has 0 bridgehead atoms. The molecular weight excluding hydrogens is 398 g/mol. The molecule has 0 aliphatic carbocycles. The van der Waals surface area contributed by atoms with Crippen molar-refractivity contribution >= 4 is 27.9 Å². The Morgan fingerprint density at radius 3 is 2.12 bits per heavy atom. The van der Waals surface area contributed by atoms with Gasteiger partial charge in [0.1, 0.15) is 17.5 Å². The van der Waals surface area contributed by atoms with Crippen molar-refractivity contribution in [2.45, 2.75) is 12.5 Å². The highest BCUT2D eigenvalue weighted by molar-refractivity contribution is 5.75. The number of para-hydroxylation sites is 4. The van der Waals surface area contributed by atoms with Gasteiger partial charge in [0.15, 0.2) is 0 Å². The topological polar surface area (TPSA) is 76.7 Å². The van der Waals surface area contributed by atoms with Crippen molar-refractivity contribution in [1.29, 1.82) is 0 Å². The number of fused-ring (bicyclic) bond motifs is 2. The van der Waals surface area contributed by atoms with Gasteiger partial charge in [0.05, 0.1) is 28.1 Å². The second-order valence-corrected chi connectivity index (χ2v) is 8.27. The molecule has 0 spiro atoms. The SMILES string of the molecule is c1ccc(N2CCN(C(Cc3nc4ccccc4[nH]3)c3nc4ccccc4[nH]3)CC2)nc1. The first kappa shape index (κ1) is 19.0. The van der Waals surface area contributed by atoms with Crippen LogP contribution < -0.4 is 4.90 Å². The minimum atomic E-state index is 0.119. The van der Waals surface area contributed by atoms with Gasteiger partial charge >= 0.3 is 0 Å². The van der Waals surface area contributed by atoms with E-state index in [1.165, 1.54) is 0 Å². The molecule has 5 aromatic rings. The number of imidazole rings is 2. The average Bonchev–Trinajstić information content (AvgIpc) is 3.47. The molecular formula is C25H25N7. The van der Waals surface area contributed by atoms with E-state index in [-0.39, 0.29) is 6.04 Å². The normalized spacial score (nSPS) is 16.1. The number of benzene rings is 2. The Bertz CT molecular complexity index is 1270. The third-order valence-corrected chi connectivity index (χ3v) is 6.28. The lowest BCUT2D eigenvalue weighted by Gasteiger charge is -2.39. The summed E-state index contributed by atoms with van der Waals surface area (Å²) in [5.41, 5.74) is 4.16. The van der Waals surface area contributed by atoms with Crippen LogP contribution in [-0.2, 0) is 6.42 Å². The first-order valence-corrected chi connectivity index (χ1v) is 11.1. The maximum atomic E-state index is 4.95. The van der Waals surface area contributed by atoms with E-state index in [1.54, 1.807) is 0 Å². The van der Waals surface area contributed by atoms with E-state index in [0.717, 1.165) is 72.1 Å². The van der Waals surface area contributed by atoms with Gasteiger partial charge in [-0.25, -0.2) is 15.0 Å². The lowest BCUT2D eigenvalue weighted by molar-refractivity contribution is 0.176. The Hall–Kier alpha value is -3.71. The van der Waals surface area contributed by atoms with Crippen LogP contribution in [0.15, 0.2) is 72.9 Å². The third-order valence-electron chi connectivity index (χ3n) is 6.28. The molecule has 2 N–H and O–H groups in total. The molecule has 2 aromatic carbocycles. The van der Waals surface area contributed by atoms with Crippen LogP contribution in [0.4, 0.5) is 5.82 Å². The van der Waals surface area contributed by atoms with E-state index in [1.807, 2.05) is 42.6 Å². The Labute approximate surface area is 186 Å². The number of nitrogens with one attached hydrogen (secondary N) is 2. The first-order valence-electron chi connectivity index (χ1n) is 11.1. The van der Waals surface area contributed by atoms with Gasteiger partial charge in [-0.15, -0.1) is 0 Å². The van der Waals surface area contributed by atoms with Crippen LogP contribution in [0.1, 0.15) is 17.7 Å².